The number of phenols is 1. The third kappa shape index (κ3) is 4.27. The van der Waals surface area contributed by atoms with Crippen molar-refractivity contribution in [2.45, 2.75) is 57.1 Å². The first kappa shape index (κ1) is 22.4. The molecule has 0 bridgehead atoms. The van der Waals surface area contributed by atoms with Crippen LogP contribution in [0, 0.1) is 0 Å². The van der Waals surface area contributed by atoms with Crippen molar-refractivity contribution in [2.75, 3.05) is 31.8 Å². The molecule has 3 aliphatic heterocycles. The topological polar surface area (TPSA) is 97.8 Å². The lowest BCUT2D eigenvalue weighted by molar-refractivity contribution is -0.198. The van der Waals surface area contributed by atoms with E-state index in [0.717, 1.165) is 25.7 Å². The van der Waals surface area contributed by atoms with E-state index in [2.05, 4.69) is 6.58 Å². The third-order valence-electron chi connectivity index (χ3n) is 6.13. The van der Waals surface area contributed by atoms with Gasteiger partial charge in [0.1, 0.15) is 6.61 Å². The number of piperidine rings is 1. The Hall–Kier alpha value is -2.78. The molecule has 1 aromatic carbocycles. The van der Waals surface area contributed by atoms with E-state index in [9.17, 15) is 14.7 Å². The highest BCUT2D eigenvalue weighted by Crippen LogP contribution is 2.41. The van der Waals surface area contributed by atoms with Crippen LogP contribution in [0.1, 0.15) is 48.9 Å². The summed E-state index contributed by atoms with van der Waals surface area (Å²) in [6.07, 6.45) is 4.53. The van der Waals surface area contributed by atoms with Crippen LogP contribution in [0.5, 0.6) is 11.5 Å². The maximum atomic E-state index is 13.6. The zero-order chi connectivity index (χ0) is 22.7. The number of rotatable bonds is 5. The summed E-state index contributed by atoms with van der Waals surface area (Å²) in [4.78, 5) is 29.9. The minimum absolute atomic E-state index is 0.00177. The smallest absolute Gasteiger partial charge is 0.416 e. The van der Waals surface area contributed by atoms with Crippen LogP contribution >= 0.6 is 0 Å². The molecule has 0 radical (unpaired) electrons. The summed E-state index contributed by atoms with van der Waals surface area (Å²) in [5, 5.41) is 10.5. The number of hydrogen-bond donors (Lipinski definition) is 1. The molecule has 0 spiro atoms. The molecule has 2 unspecified atom stereocenters. The van der Waals surface area contributed by atoms with Gasteiger partial charge in [0.2, 0.25) is 0 Å². The van der Waals surface area contributed by atoms with E-state index in [1.165, 1.54) is 30.2 Å². The van der Waals surface area contributed by atoms with Crippen LogP contribution in [0.3, 0.4) is 0 Å². The fourth-order valence-corrected chi connectivity index (χ4v) is 4.59. The molecule has 174 valence electrons. The molecule has 2 saturated heterocycles. The Balaban J connectivity index is 1.83. The Kier molecular flexibility index (Phi) is 6.86. The van der Waals surface area contributed by atoms with Crippen molar-refractivity contribution in [3.63, 3.8) is 0 Å². The summed E-state index contributed by atoms with van der Waals surface area (Å²) >= 11 is 0. The molecular formula is C23H30N2O7. The van der Waals surface area contributed by atoms with Gasteiger partial charge in [-0.1, -0.05) is 12.7 Å². The predicted molar refractivity (Wildman–Crippen MR) is 116 cm³/mol. The highest BCUT2D eigenvalue weighted by molar-refractivity contribution is 6.05. The summed E-state index contributed by atoms with van der Waals surface area (Å²) in [6.45, 7) is 4.74. The van der Waals surface area contributed by atoms with E-state index in [1.54, 1.807) is 4.90 Å². The number of amides is 2. The lowest BCUT2D eigenvalue weighted by Crippen LogP contribution is -2.57. The Bertz CT molecular complexity index is 868. The number of fused-ring (bicyclic) bond motifs is 2. The number of nitrogens with zero attached hydrogens (tertiary/aromatic N) is 2. The molecule has 0 aromatic heterocycles. The lowest BCUT2D eigenvalue weighted by Gasteiger charge is -2.42. The van der Waals surface area contributed by atoms with Gasteiger partial charge in [0, 0.05) is 19.2 Å². The van der Waals surface area contributed by atoms with E-state index in [1.807, 2.05) is 0 Å². The van der Waals surface area contributed by atoms with Gasteiger partial charge in [-0.3, -0.25) is 4.79 Å². The summed E-state index contributed by atoms with van der Waals surface area (Å²) in [6, 6.07) is 2.45. The minimum Gasteiger partial charge on any atom is -0.504 e. The van der Waals surface area contributed by atoms with Crippen LogP contribution < -0.4 is 9.64 Å². The largest absolute Gasteiger partial charge is 0.504 e. The third-order valence-corrected chi connectivity index (χ3v) is 6.13. The van der Waals surface area contributed by atoms with Crippen LogP contribution in [-0.2, 0) is 14.2 Å². The SMILES string of the molecule is C=CCOC(=O)N1c2cc(O)c(OC)cc2C(=O)N2CCCC[C@H]2C1OC1CCCCO1. The number of methoxy groups -OCH3 is 1. The standard InChI is InChI=1S/C23H30N2O7/c1-3-11-31-23(28)25-17-14-18(26)19(29-2)13-15(17)21(27)24-10-6-4-8-16(24)22(25)32-20-9-5-7-12-30-20/h3,13-14,16,20,22,26H,1,4-12H2,2H3/t16-,20?,22?/m0/s1. The molecule has 9 nitrogen and oxygen atoms in total. The van der Waals surface area contributed by atoms with Gasteiger partial charge in [-0.25, -0.2) is 9.69 Å². The highest BCUT2D eigenvalue weighted by atomic mass is 16.7. The van der Waals surface area contributed by atoms with Crippen LogP contribution in [0.4, 0.5) is 10.5 Å². The zero-order valence-corrected chi connectivity index (χ0v) is 18.3. The van der Waals surface area contributed by atoms with Gasteiger partial charge >= 0.3 is 6.09 Å². The lowest BCUT2D eigenvalue weighted by atomic mass is 10.00. The number of benzene rings is 1. The van der Waals surface area contributed by atoms with E-state index < -0.39 is 18.6 Å². The first-order chi connectivity index (χ1) is 15.5. The fraction of sp³-hybridized carbons (Fsp3) is 0.565. The van der Waals surface area contributed by atoms with Crippen LogP contribution in [0.2, 0.25) is 0 Å². The maximum Gasteiger partial charge on any atom is 0.416 e. The fourth-order valence-electron chi connectivity index (χ4n) is 4.59. The van der Waals surface area contributed by atoms with Gasteiger partial charge < -0.3 is 29.0 Å². The molecule has 0 aliphatic carbocycles. The van der Waals surface area contributed by atoms with Crippen molar-refractivity contribution in [3.05, 3.63) is 30.4 Å². The highest BCUT2D eigenvalue weighted by Gasteiger charge is 2.46. The number of anilines is 1. The minimum atomic E-state index is -0.825. The zero-order valence-electron chi connectivity index (χ0n) is 18.3. The second-order valence-electron chi connectivity index (χ2n) is 8.16. The van der Waals surface area contributed by atoms with Crippen molar-refractivity contribution in [1.29, 1.82) is 0 Å². The van der Waals surface area contributed by atoms with Gasteiger partial charge in [-0.15, -0.1) is 0 Å². The Morgan fingerprint density at radius 3 is 2.81 bits per heavy atom. The van der Waals surface area contributed by atoms with E-state index >= 15 is 0 Å². The van der Waals surface area contributed by atoms with Crippen LogP contribution in [0.25, 0.3) is 0 Å². The molecule has 2 amide bonds. The average Bonchev–Trinajstić information content (AvgIpc) is 2.91. The van der Waals surface area contributed by atoms with Crippen molar-refractivity contribution in [3.8, 4) is 11.5 Å². The number of hydrogen-bond acceptors (Lipinski definition) is 7. The molecule has 3 heterocycles. The summed E-state index contributed by atoms with van der Waals surface area (Å²) in [5.41, 5.74) is 0.468. The molecule has 1 N–H and O–H groups in total. The molecule has 3 atom stereocenters. The van der Waals surface area contributed by atoms with Crippen LogP contribution in [-0.4, -0.2) is 67.4 Å². The van der Waals surface area contributed by atoms with Gasteiger partial charge in [0.25, 0.3) is 5.91 Å². The molecular weight excluding hydrogens is 416 g/mol. The molecule has 2 fully saturated rings. The van der Waals surface area contributed by atoms with Crippen molar-refractivity contribution in [2.24, 2.45) is 0 Å². The Morgan fingerprint density at radius 1 is 1.28 bits per heavy atom. The first-order valence-corrected chi connectivity index (χ1v) is 11.1. The normalized spacial score (nSPS) is 25.4. The molecule has 9 heteroatoms. The number of ether oxygens (including phenoxy) is 4. The summed E-state index contributed by atoms with van der Waals surface area (Å²) in [5.74, 6) is -0.270. The predicted octanol–water partition coefficient (Wildman–Crippen LogP) is 3.41. The van der Waals surface area contributed by atoms with Crippen LogP contribution in [0.15, 0.2) is 24.8 Å². The van der Waals surface area contributed by atoms with E-state index in [-0.39, 0.29) is 41.3 Å². The molecule has 4 rings (SSSR count). The van der Waals surface area contributed by atoms with Crippen molar-refractivity contribution >= 4 is 17.7 Å². The molecule has 1 aromatic rings. The summed E-state index contributed by atoms with van der Waals surface area (Å²) < 4.78 is 22.8. The Morgan fingerprint density at radius 2 is 2.09 bits per heavy atom. The Labute approximate surface area is 187 Å². The molecule has 0 saturated carbocycles. The number of carbonyl (C=O) groups excluding carboxylic acids is 2. The maximum absolute atomic E-state index is 13.6. The average molecular weight is 447 g/mol. The van der Waals surface area contributed by atoms with Gasteiger partial charge in [0.05, 0.1) is 24.4 Å². The molecule has 32 heavy (non-hydrogen) atoms. The second kappa shape index (κ2) is 9.79. The van der Waals surface area contributed by atoms with Gasteiger partial charge in [0.15, 0.2) is 24.0 Å². The number of phenolic OH excluding ortho intramolecular Hbond substituents is 1. The quantitative estimate of drug-likeness (QED) is 0.692. The van der Waals surface area contributed by atoms with Crippen molar-refractivity contribution < 1.29 is 33.6 Å². The first-order valence-electron chi connectivity index (χ1n) is 11.1. The van der Waals surface area contributed by atoms with E-state index in [4.69, 9.17) is 18.9 Å². The second-order valence-corrected chi connectivity index (χ2v) is 8.16. The van der Waals surface area contributed by atoms with Gasteiger partial charge in [-0.2, -0.15) is 0 Å². The monoisotopic (exact) mass is 446 g/mol. The number of aromatic hydroxyl groups is 1. The molecule has 3 aliphatic rings. The van der Waals surface area contributed by atoms with E-state index in [0.29, 0.717) is 26.0 Å². The summed E-state index contributed by atoms with van der Waals surface area (Å²) in [7, 11) is 1.41. The number of carbonyl (C=O) groups is 2. The van der Waals surface area contributed by atoms with Crippen molar-refractivity contribution in [1.82, 2.24) is 4.90 Å². The van der Waals surface area contributed by atoms with Gasteiger partial charge in [-0.05, 0) is 44.6 Å².